The number of nitrogens with zero attached hydrogens (tertiary/aromatic N) is 2. The highest BCUT2D eigenvalue weighted by atomic mass is 32.2. The molecule has 0 aromatic heterocycles. The Morgan fingerprint density at radius 1 is 1.41 bits per heavy atom. The van der Waals surface area contributed by atoms with Crippen molar-refractivity contribution in [3.8, 4) is 0 Å². The van der Waals surface area contributed by atoms with Gasteiger partial charge >= 0.3 is 0 Å². The summed E-state index contributed by atoms with van der Waals surface area (Å²) < 4.78 is 22.6. The minimum atomic E-state index is -2.99. The van der Waals surface area contributed by atoms with Crippen molar-refractivity contribution in [3.63, 3.8) is 0 Å². The average molecular weight is 325 g/mol. The molecule has 0 aliphatic carbocycles. The smallest absolute Gasteiger partial charge is 0.269 e. The summed E-state index contributed by atoms with van der Waals surface area (Å²) in [5, 5.41) is 14.2. The third kappa shape index (κ3) is 4.62. The molecule has 0 spiro atoms. The molecule has 22 heavy (non-hydrogen) atoms. The summed E-state index contributed by atoms with van der Waals surface area (Å²) in [5.41, 5.74) is 2.91. The lowest BCUT2D eigenvalue weighted by Gasteiger charge is -2.05. The monoisotopic (exact) mass is 325 g/mol. The van der Waals surface area contributed by atoms with Crippen molar-refractivity contribution in [1.82, 2.24) is 5.43 Å². The largest absolute Gasteiger partial charge is 0.273 e. The van der Waals surface area contributed by atoms with Crippen LogP contribution in [-0.4, -0.2) is 37.0 Å². The van der Waals surface area contributed by atoms with Crippen LogP contribution in [0.4, 0.5) is 5.69 Å². The molecule has 1 fully saturated rings. The number of carbonyl (C=O) groups is 1. The van der Waals surface area contributed by atoms with E-state index in [1.807, 2.05) is 0 Å². The van der Waals surface area contributed by atoms with Gasteiger partial charge in [0.05, 0.1) is 22.6 Å². The van der Waals surface area contributed by atoms with Crippen LogP contribution < -0.4 is 5.43 Å². The second-order valence-electron chi connectivity index (χ2n) is 5.12. The first-order valence-corrected chi connectivity index (χ1v) is 8.45. The summed E-state index contributed by atoms with van der Waals surface area (Å²) in [6.07, 6.45) is 1.99. The Morgan fingerprint density at radius 3 is 2.64 bits per heavy atom. The van der Waals surface area contributed by atoms with Gasteiger partial charge < -0.3 is 0 Å². The fourth-order valence-corrected chi connectivity index (χ4v) is 4.06. The highest BCUT2D eigenvalue weighted by Gasteiger charge is 2.29. The second kappa shape index (κ2) is 6.65. The number of sulfone groups is 1. The zero-order valence-electron chi connectivity index (χ0n) is 11.6. The molecule has 1 aromatic carbocycles. The lowest BCUT2D eigenvalue weighted by molar-refractivity contribution is -0.384. The van der Waals surface area contributed by atoms with Gasteiger partial charge in [-0.05, 0) is 30.0 Å². The number of benzene rings is 1. The number of hydrogen-bond acceptors (Lipinski definition) is 6. The van der Waals surface area contributed by atoms with E-state index in [-0.39, 0.29) is 35.4 Å². The van der Waals surface area contributed by atoms with Crippen molar-refractivity contribution in [1.29, 1.82) is 0 Å². The number of nitro groups is 1. The summed E-state index contributed by atoms with van der Waals surface area (Å²) in [7, 11) is -2.99. The van der Waals surface area contributed by atoms with Crippen molar-refractivity contribution in [2.24, 2.45) is 11.0 Å². The van der Waals surface area contributed by atoms with Crippen molar-refractivity contribution in [2.45, 2.75) is 12.8 Å². The number of hydrogen-bond donors (Lipinski definition) is 1. The van der Waals surface area contributed by atoms with E-state index in [2.05, 4.69) is 10.5 Å². The fraction of sp³-hybridized carbons (Fsp3) is 0.385. The molecule has 0 radical (unpaired) electrons. The maximum absolute atomic E-state index is 11.6. The maximum Gasteiger partial charge on any atom is 0.269 e. The third-order valence-electron chi connectivity index (χ3n) is 3.31. The zero-order chi connectivity index (χ0) is 16.2. The number of nitrogens with one attached hydrogen (secondary N) is 1. The molecule has 1 saturated heterocycles. The maximum atomic E-state index is 11.6. The van der Waals surface area contributed by atoms with Crippen LogP contribution in [0.25, 0.3) is 0 Å². The number of carbonyl (C=O) groups excluding carboxylic acids is 1. The van der Waals surface area contributed by atoms with Crippen LogP contribution in [-0.2, 0) is 14.6 Å². The van der Waals surface area contributed by atoms with Gasteiger partial charge in [0.25, 0.3) is 5.69 Å². The normalized spacial score (nSPS) is 20.1. The molecule has 1 aliphatic rings. The molecule has 0 unspecified atom stereocenters. The molecule has 1 aliphatic heterocycles. The van der Waals surface area contributed by atoms with Gasteiger partial charge in [0.2, 0.25) is 5.91 Å². The lowest BCUT2D eigenvalue weighted by Crippen LogP contribution is -2.21. The van der Waals surface area contributed by atoms with E-state index >= 15 is 0 Å². The van der Waals surface area contributed by atoms with Crippen molar-refractivity contribution < 1.29 is 18.1 Å². The van der Waals surface area contributed by atoms with Crippen LogP contribution >= 0.6 is 0 Å². The van der Waals surface area contributed by atoms with E-state index in [4.69, 9.17) is 0 Å². The lowest BCUT2D eigenvalue weighted by atomic mass is 10.1. The molecular formula is C13H15N3O5S. The van der Waals surface area contributed by atoms with Crippen LogP contribution in [0.15, 0.2) is 29.4 Å². The quantitative estimate of drug-likeness (QED) is 0.489. The highest BCUT2D eigenvalue weighted by molar-refractivity contribution is 7.91. The Morgan fingerprint density at radius 2 is 2.09 bits per heavy atom. The van der Waals surface area contributed by atoms with Crippen molar-refractivity contribution in [2.75, 3.05) is 11.5 Å². The van der Waals surface area contributed by atoms with Gasteiger partial charge in [-0.1, -0.05) is 0 Å². The summed E-state index contributed by atoms with van der Waals surface area (Å²) in [6.45, 7) is 0. The average Bonchev–Trinajstić information content (AvgIpc) is 2.78. The Balaban J connectivity index is 1.82. The molecule has 1 atom stereocenters. The molecule has 0 bridgehead atoms. The summed E-state index contributed by atoms with van der Waals surface area (Å²) >= 11 is 0. The topological polar surface area (TPSA) is 119 Å². The van der Waals surface area contributed by atoms with Gasteiger partial charge in [-0.25, -0.2) is 13.8 Å². The zero-order valence-corrected chi connectivity index (χ0v) is 12.5. The van der Waals surface area contributed by atoms with E-state index < -0.39 is 14.8 Å². The Kier molecular flexibility index (Phi) is 4.86. The standard InChI is InChI=1S/C13H15N3O5S/c17-13(7-11-5-6-22(20,21)9-11)15-14-8-10-1-3-12(4-2-10)16(18)19/h1-4,8,11H,5-7,9H2,(H,15,17)/b14-8-/t11-/m1/s1. The Bertz CT molecular complexity index is 697. The molecule has 0 saturated carbocycles. The minimum Gasteiger partial charge on any atom is -0.273 e. The van der Waals surface area contributed by atoms with Crippen LogP contribution in [0.2, 0.25) is 0 Å². The third-order valence-corrected chi connectivity index (χ3v) is 5.14. The SMILES string of the molecule is O=C(C[C@H]1CCS(=O)(=O)C1)N/N=C\c1ccc([N+](=O)[O-])cc1. The Labute approximate surface area is 127 Å². The van der Waals surface area contributed by atoms with Crippen LogP contribution in [0.1, 0.15) is 18.4 Å². The van der Waals surface area contributed by atoms with E-state index in [0.29, 0.717) is 12.0 Å². The molecule has 8 nitrogen and oxygen atoms in total. The summed E-state index contributed by atoms with van der Waals surface area (Å²) in [6, 6.07) is 5.70. The van der Waals surface area contributed by atoms with Crippen molar-refractivity contribution >= 4 is 27.6 Å². The Hall–Kier alpha value is -2.29. The van der Waals surface area contributed by atoms with Gasteiger partial charge in [0, 0.05) is 18.6 Å². The molecule has 1 amide bonds. The van der Waals surface area contributed by atoms with E-state index in [9.17, 15) is 23.3 Å². The van der Waals surface area contributed by atoms with Gasteiger partial charge in [0.1, 0.15) is 0 Å². The van der Waals surface area contributed by atoms with Crippen molar-refractivity contribution in [3.05, 3.63) is 39.9 Å². The first-order chi connectivity index (χ1) is 10.4. The summed E-state index contributed by atoms with van der Waals surface area (Å²) in [4.78, 5) is 21.6. The van der Waals surface area contributed by atoms with Gasteiger partial charge in [-0.15, -0.1) is 0 Å². The first kappa shape index (κ1) is 16.1. The van der Waals surface area contributed by atoms with Crippen LogP contribution in [0, 0.1) is 16.0 Å². The number of non-ortho nitro benzene ring substituents is 1. The summed E-state index contributed by atoms with van der Waals surface area (Å²) in [5.74, 6) is -0.316. The highest BCUT2D eigenvalue weighted by Crippen LogP contribution is 2.21. The van der Waals surface area contributed by atoms with Crippen LogP contribution in [0.5, 0.6) is 0 Å². The van der Waals surface area contributed by atoms with E-state index in [1.165, 1.54) is 30.5 Å². The minimum absolute atomic E-state index is 0.0244. The first-order valence-electron chi connectivity index (χ1n) is 6.62. The molecule has 9 heteroatoms. The predicted octanol–water partition coefficient (Wildman–Crippen LogP) is 0.870. The number of nitro benzene ring substituents is 1. The second-order valence-corrected chi connectivity index (χ2v) is 7.34. The molecule has 1 N–H and O–H groups in total. The number of hydrazone groups is 1. The van der Waals surface area contributed by atoms with Gasteiger partial charge in [-0.3, -0.25) is 14.9 Å². The van der Waals surface area contributed by atoms with Gasteiger partial charge in [-0.2, -0.15) is 5.10 Å². The molecule has 2 rings (SSSR count). The fourth-order valence-electron chi connectivity index (χ4n) is 2.20. The van der Waals surface area contributed by atoms with Crippen LogP contribution in [0.3, 0.4) is 0 Å². The number of rotatable bonds is 5. The molecule has 118 valence electrons. The van der Waals surface area contributed by atoms with E-state index in [1.54, 1.807) is 0 Å². The molecular weight excluding hydrogens is 310 g/mol. The van der Waals surface area contributed by atoms with E-state index in [0.717, 1.165) is 0 Å². The molecule has 1 heterocycles. The van der Waals surface area contributed by atoms with Gasteiger partial charge in [0.15, 0.2) is 9.84 Å². The predicted molar refractivity (Wildman–Crippen MR) is 80.2 cm³/mol. The molecule has 1 aromatic rings. The number of amides is 1.